The third-order valence-corrected chi connectivity index (χ3v) is 6.89. The molecule has 176 valence electrons. The largest absolute Gasteiger partial charge is 0.340 e. The minimum absolute atomic E-state index is 0.0875. The topological polar surface area (TPSA) is 52.7 Å². The summed E-state index contributed by atoms with van der Waals surface area (Å²) in [4.78, 5) is 29.2. The van der Waals surface area contributed by atoms with Crippen molar-refractivity contribution < 1.29 is 18.4 Å². The van der Waals surface area contributed by atoms with E-state index in [1.165, 1.54) is 12.1 Å². The SMILES string of the molecule is Cc1c(NC(=O)Cc2ccccc2F)ccc(F)c1CN1CCN(C(=O)C2CCCC2)CC1. The number of rotatable bonds is 6. The van der Waals surface area contributed by atoms with Crippen LogP contribution in [0.2, 0.25) is 0 Å². The number of nitrogens with one attached hydrogen (secondary N) is 1. The summed E-state index contributed by atoms with van der Waals surface area (Å²) >= 11 is 0. The Labute approximate surface area is 193 Å². The molecule has 33 heavy (non-hydrogen) atoms. The number of carbonyl (C=O) groups is 2. The van der Waals surface area contributed by atoms with Crippen LogP contribution in [0.5, 0.6) is 0 Å². The first kappa shape index (κ1) is 23.4. The average Bonchev–Trinajstić information content (AvgIpc) is 3.35. The molecule has 1 saturated heterocycles. The van der Waals surface area contributed by atoms with Crippen LogP contribution in [0.4, 0.5) is 14.5 Å². The molecule has 2 amide bonds. The molecule has 0 bridgehead atoms. The highest BCUT2D eigenvalue weighted by molar-refractivity contribution is 5.93. The molecule has 7 heteroatoms. The van der Waals surface area contributed by atoms with Gasteiger partial charge in [0.2, 0.25) is 11.8 Å². The number of benzene rings is 2. The Morgan fingerprint density at radius 1 is 0.970 bits per heavy atom. The van der Waals surface area contributed by atoms with Gasteiger partial charge in [-0.3, -0.25) is 14.5 Å². The fraction of sp³-hybridized carbons (Fsp3) is 0.462. The molecular weight excluding hydrogens is 424 g/mol. The Morgan fingerprint density at radius 2 is 1.67 bits per heavy atom. The van der Waals surface area contributed by atoms with Crippen LogP contribution in [0.15, 0.2) is 36.4 Å². The molecule has 2 aromatic carbocycles. The Morgan fingerprint density at radius 3 is 2.36 bits per heavy atom. The Kier molecular flexibility index (Phi) is 7.38. The van der Waals surface area contributed by atoms with Gasteiger partial charge in [-0.05, 0) is 49.1 Å². The fourth-order valence-electron chi connectivity index (χ4n) is 4.84. The summed E-state index contributed by atoms with van der Waals surface area (Å²) in [5.74, 6) is -0.631. The van der Waals surface area contributed by atoms with Gasteiger partial charge in [-0.25, -0.2) is 8.78 Å². The van der Waals surface area contributed by atoms with Crippen LogP contribution in [-0.4, -0.2) is 47.8 Å². The van der Waals surface area contributed by atoms with E-state index in [0.29, 0.717) is 55.1 Å². The van der Waals surface area contributed by atoms with Crippen LogP contribution in [0.1, 0.15) is 42.4 Å². The summed E-state index contributed by atoms with van der Waals surface area (Å²) in [7, 11) is 0. The lowest BCUT2D eigenvalue weighted by Crippen LogP contribution is -2.49. The molecule has 1 aliphatic carbocycles. The van der Waals surface area contributed by atoms with E-state index >= 15 is 0 Å². The third-order valence-electron chi connectivity index (χ3n) is 6.89. The molecule has 0 spiro atoms. The third kappa shape index (κ3) is 5.58. The van der Waals surface area contributed by atoms with Crippen LogP contribution in [0, 0.1) is 24.5 Å². The van der Waals surface area contributed by atoms with E-state index in [-0.39, 0.29) is 30.0 Å². The zero-order valence-electron chi connectivity index (χ0n) is 19.1. The van der Waals surface area contributed by atoms with Crippen molar-refractivity contribution in [3.05, 3.63) is 64.7 Å². The fourth-order valence-corrected chi connectivity index (χ4v) is 4.84. The van der Waals surface area contributed by atoms with Gasteiger partial charge in [-0.2, -0.15) is 0 Å². The lowest BCUT2D eigenvalue weighted by molar-refractivity contribution is -0.137. The molecule has 1 N–H and O–H groups in total. The molecule has 2 aromatic rings. The zero-order valence-corrected chi connectivity index (χ0v) is 19.1. The van der Waals surface area contributed by atoms with Gasteiger partial charge >= 0.3 is 0 Å². The maximum Gasteiger partial charge on any atom is 0.228 e. The first-order valence-electron chi connectivity index (χ1n) is 11.7. The number of carbonyl (C=O) groups excluding carboxylic acids is 2. The highest BCUT2D eigenvalue weighted by Gasteiger charge is 2.29. The second kappa shape index (κ2) is 10.4. The number of anilines is 1. The number of amides is 2. The molecule has 1 saturated carbocycles. The summed E-state index contributed by atoms with van der Waals surface area (Å²) in [5.41, 5.74) is 2.05. The lowest BCUT2D eigenvalue weighted by Gasteiger charge is -2.36. The second-order valence-electron chi connectivity index (χ2n) is 9.10. The van der Waals surface area contributed by atoms with E-state index in [0.717, 1.165) is 25.7 Å². The molecule has 5 nitrogen and oxygen atoms in total. The number of nitrogens with zero attached hydrogens (tertiary/aromatic N) is 2. The molecule has 0 radical (unpaired) electrons. The first-order valence-corrected chi connectivity index (χ1v) is 11.7. The first-order chi connectivity index (χ1) is 15.9. The van der Waals surface area contributed by atoms with E-state index in [9.17, 15) is 18.4 Å². The van der Waals surface area contributed by atoms with Gasteiger partial charge in [0.15, 0.2) is 0 Å². The van der Waals surface area contributed by atoms with Crippen molar-refractivity contribution >= 4 is 17.5 Å². The highest BCUT2D eigenvalue weighted by atomic mass is 19.1. The van der Waals surface area contributed by atoms with Crippen molar-refractivity contribution in [3.63, 3.8) is 0 Å². The Bertz CT molecular complexity index is 1010. The van der Waals surface area contributed by atoms with Crippen LogP contribution in [-0.2, 0) is 22.6 Å². The van der Waals surface area contributed by atoms with Crippen molar-refractivity contribution in [2.75, 3.05) is 31.5 Å². The normalized spacial score (nSPS) is 17.4. The molecule has 1 aliphatic heterocycles. The number of hydrogen-bond acceptors (Lipinski definition) is 3. The molecule has 2 fully saturated rings. The summed E-state index contributed by atoms with van der Waals surface area (Å²) in [6, 6.07) is 9.08. The highest BCUT2D eigenvalue weighted by Crippen LogP contribution is 2.28. The standard InChI is InChI=1S/C26H31F2N3O2/c1-18-21(17-30-12-14-31(15-13-30)26(33)19-6-2-3-7-19)23(28)10-11-24(18)29-25(32)16-20-8-4-5-9-22(20)27/h4-5,8-11,19H,2-3,6-7,12-17H2,1H3,(H,29,32). The Hall–Kier alpha value is -2.80. The van der Waals surface area contributed by atoms with Crippen molar-refractivity contribution in [1.82, 2.24) is 9.80 Å². The van der Waals surface area contributed by atoms with E-state index < -0.39 is 5.82 Å². The van der Waals surface area contributed by atoms with Crippen molar-refractivity contribution in [2.24, 2.45) is 5.92 Å². The predicted molar refractivity (Wildman–Crippen MR) is 124 cm³/mol. The molecule has 0 unspecified atom stereocenters. The van der Waals surface area contributed by atoms with E-state index in [4.69, 9.17) is 0 Å². The molecule has 1 heterocycles. The maximum atomic E-state index is 14.7. The quantitative estimate of drug-likeness (QED) is 0.707. The van der Waals surface area contributed by atoms with Gasteiger partial charge in [0, 0.05) is 49.9 Å². The Balaban J connectivity index is 1.36. The van der Waals surface area contributed by atoms with Gasteiger partial charge in [0.1, 0.15) is 11.6 Å². The van der Waals surface area contributed by atoms with Gasteiger partial charge in [-0.15, -0.1) is 0 Å². The van der Waals surface area contributed by atoms with Crippen molar-refractivity contribution in [1.29, 1.82) is 0 Å². The summed E-state index contributed by atoms with van der Waals surface area (Å²) in [6.45, 7) is 4.92. The van der Waals surface area contributed by atoms with Crippen molar-refractivity contribution in [3.8, 4) is 0 Å². The monoisotopic (exact) mass is 455 g/mol. The summed E-state index contributed by atoms with van der Waals surface area (Å²) in [6.07, 6.45) is 4.19. The summed E-state index contributed by atoms with van der Waals surface area (Å²) < 4.78 is 28.5. The van der Waals surface area contributed by atoms with Crippen molar-refractivity contribution in [2.45, 2.75) is 45.6 Å². The number of halogens is 2. The molecular formula is C26H31F2N3O2. The molecule has 0 aromatic heterocycles. The minimum atomic E-state index is -0.422. The van der Waals surface area contributed by atoms with Crippen LogP contribution < -0.4 is 5.32 Å². The van der Waals surface area contributed by atoms with Crippen LogP contribution in [0.25, 0.3) is 0 Å². The minimum Gasteiger partial charge on any atom is -0.340 e. The molecule has 2 aliphatic rings. The average molecular weight is 456 g/mol. The summed E-state index contributed by atoms with van der Waals surface area (Å²) in [5, 5.41) is 2.80. The van der Waals surface area contributed by atoms with Crippen LogP contribution >= 0.6 is 0 Å². The zero-order chi connectivity index (χ0) is 23.4. The smallest absolute Gasteiger partial charge is 0.228 e. The van der Waals surface area contributed by atoms with Gasteiger partial charge in [-0.1, -0.05) is 31.0 Å². The molecule has 4 rings (SSSR count). The van der Waals surface area contributed by atoms with Gasteiger partial charge in [0.25, 0.3) is 0 Å². The number of piperazine rings is 1. The van der Waals surface area contributed by atoms with Crippen LogP contribution in [0.3, 0.4) is 0 Å². The van der Waals surface area contributed by atoms with Gasteiger partial charge in [0.05, 0.1) is 6.42 Å². The van der Waals surface area contributed by atoms with E-state index in [1.54, 1.807) is 31.2 Å². The second-order valence-corrected chi connectivity index (χ2v) is 9.10. The molecule has 0 atom stereocenters. The van der Waals surface area contributed by atoms with E-state index in [2.05, 4.69) is 10.2 Å². The van der Waals surface area contributed by atoms with E-state index in [1.807, 2.05) is 4.90 Å². The van der Waals surface area contributed by atoms with Gasteiger partial charge < -0.3 is 10.2 Å². The number of hydrogen-bond donors (Lipinski definition) is 1. The lowest BCUT2D eigenvalue weighted by atomic mass is 10.0. The predicted octanol–water partition coefficient (Wildman–Crippen LogP) is 4.29. The maximum absolute atomic E-state index is 14.7.